The van der Waals surface area contributed by atoms with Crippen molar-refractivity contribution in [3.63, 3.8) is 0 Å². The number of benzene rings is 1. The van der Waals surface area contributed by atoms with Crippen molar-refractivity contribution in [1.29, 1.82) is 0 Å². The lowest BCUT2D eigenvalue weighted by molar-refractivity contribution is 0.0760. The summed E-state index contributed by atoms with van der Waals surface area (Å²) < 4.78 is 1.66. The van der Waals surface area contributed by atoms with E-state index in [-0.39, 0.29) is 5.91 Å². The molecule has 7 heteroatoms. The number of anilines is 1. The quantitative estimate of drug-likeness (QED) is 0.707. The predicted molar refractivity (Wildman–Crippen MR) is 100 cm³/mol. The minimum Gasteiger partial charge on any atom is -0.353 e. The number of carbonyl (C=O) groups is 1. The fraction of sp³-hybridized carbons (Fsp3) is 0.368. The molecule has 1 aliphatic rings. The van der Waals surface area contributed by atoms with Gasteiger partial charge in [0, 0.05) is 50.2 Å². The minimum absolute atomic E-state index is 0.00713. The van der Waals surface area contributed by atoms with Crippen LogP contribution in [-0.4, -0.2) is 57.0 Å². The molecular formula is C19H22N6O. The van der Waals surface area contributed by atoms with Crippen LogP contribution in [0.5, 0.6) is 0 Å². The molecule has 4 rings (SSSR count). The van der Waals surface area contributed by atoms with Crippen LogP contribution in [0.4, 0.5) is 5.82 Å². The molecule has 0 spiro atoms. The summed E-state index contributed by atoms with van der Waals surface area (Å²) >= 11 is 0. The number of fused-ring (bicyclic) bond motifs is 1. The maximum atomic E-state index is 12.7. The first-order valence-electron chi connectivity index (χ1n) is 8.89. The van der Waals surface area contributed by atoms with Gasteiger partial charge in [-0.05, 0) is 19.4 Å². The van der Waals surface area contributed by atoms with Crippen LogP contribution in [0.3, 0.4) is 0 Å². The van der Waals surface area contributed by atoms with E-state index in [9.17, 15) is 4.79 Å². The largest absolute Gasteiger partial charge is 0.353 e. The topological polar surface area (TPSA) is 67.2 Å². The van der Waals surface area contributed by atoms with Gasteiger partial charge in [0.25, 0.3) is 5.91 Å². The maximum Gasteiger partial charge on any atom is 0.274 e. The lowest BCUT2D eigenvalue weighted by Gasteiger charge is -2.23. The smallest absolute Gasteiger partial charge is 0.274 e. The highest BCUT2D eigenvalue weighted by Crippen LogP contribution is 2.26. The van der Waals surface area contributed by atoms with E-state index in [4.69, 9.17) is 0 Å². The summed E-state index contributed by atoms with van der Waals surface area (Å²) in [5, 5.41) is 15.3. The third kappa shape index (κ3) is 3.00. The zero-order chi connectivity index (χ0) is 18.1. The predicted octanol–water partition coefficient (Wildman–Crippen LogP) is 2.02. The number of rotatable bonds is 2. The highest BCUT2D eigenvalue weighted by atomic mass is 16.2. The fourth-order valence-electron chi connectivity index (χ4n) is 3.48. The van der Waals surface area contributed by atoms with Crippen molar-refractivity contribution >= 4 is 22.5 Å². The Morgan fingerprint density at radius 2 is 1.81 bits per heavy atom. The van der Waals surface area contributed by atoms with Gasteiger partial charge < -0.3 is 9.80 Å². The molecule has 134 valence electrons. The number of aromatic nitrogens is 4. The summed E-state index contributed by atoms with van der Waals surface area (Å²) in [7, 11) is 1.82. The molecule has 3 aromatic rings. The summed E-state index contributed by atoms with van der Waals surface area (Å²) in [6, 6.07) is 9.99. The highest BCUT2D eigenvalue weighted by molar-refractivity contribution is 5.94. The SMILES string of the molecule is Cc1nnc(N2CCCN(C(=O)c3ccn(C)n3)CC2)c2ccccc12. The van der Waals surface area contributed by atoms with Crippen molar-refractivity contribution < 1.29 is 4.79 Å². The molecule has 0 bridgehead atoms. The maximum absolute atomic E-state index is 12.7. The van der Waals surface area contributed by atoms with E-state index in [0.29, 0.717) is 12.2 Å². The molecular weight excluding hydrogens is 328 g/mol. The second-order valence-electron chi connectivity index (χ2n) is 6.66. The normalized spacial score (nSPS) is 15.3. The summed E-state index contributed by atoms with van der Waals surface area (Å²) in [5.74, 6) is 0.894. The van der Waals surface area contributed by atoms with Crippen LogP contribution < -0.4 is 4.90 Å². The molecule has 1 aromatic carbocycles. The van der Waals surface area contributed by atoms with Gasteiger partial charge in [-0.2, -0.15) is 10.2 Å². The number of carbonyl (C=O) groups excluding carboxylic acids is 1. The van der Waals surface area contributed by atoms with E-state index >= 15 is 0 Å². The third-order valence-corrected chi connectivity index (χ3v) is 4.87. The Hall–Kier alpha value is -2.96. The van der Waals surface area contributed by atoms with Crippen molar-refractivity contribution in [2.24, 2.45) is 7.05 Å². The molecule has 0 N–H and O–H groups in total. The number of amides is 1. The number of aryl methyl sites for hydroxylation is 2. The first-order valence-corrected chi connectivity index (χ1v) is 8.89. The van der Waals surface area contributed by atoms with Crippen LogP contribution in [0.2, 0.25) is 0 Å². The van der Waals surface area contributed by atoms with Gasteiger partial charge in [-0.1, -0.05) is 24.3 Å². The second kappa shape index (κ2) is 6.74. The minimum atomic E-state index is -0.00713. The van der Waals surface area contributed by atoms with Crippen molar-refractivity contribution in [1.82, 2.24) is 24.9 Å². The van der Waals surface area contributed by atoms with Crippen molar-refractivity contribution in [2.45, 2.75) is 13.3 Å². The molecule has 1 amide bonds. The van der Waals surface area contributed by atoms with Gasteiger partial charge in [-0.25, -0.2) is 0 Å². The van der Waals surface area contributed by atoms with Gasteiger partial charge in [-0.3, -0.25) is 9.48 Å². The van der Waals surface area contributed by atoms with E-state index in [1.165, 1.54) is 0 Å². The molecule has 0 radical (unpaired) electrons. The van der Waals surface area contributed by atoms with Crippen LogP contribution in [0.1, 0.15) is 22.6 Å². The first kappa shape index (κ1) is 16.5. The molecule has 0 aliphatic carbocycles. The van der Waals surface area contributed by atoms with E-state index in [1.807, 2.05) is 31.0 Å². The van der Waals surface area contributed by atoms with Gasteiger partial charge in [0.15, 0.2) is 5.82 Å². The zero-order valence-corrected chi connectivity index (χ0v) is 15.1. The molecule has 1 fully saturated rings. The molecule has 0 saturated carbocycles. The van der Waals surface area contributed by atoms with E-state index < -0.39 is 0 Å². The van der Waals surface area contributed by atoms with Gasteiger partial charge >= 0.3 is 0 Å². The standard InChI is InChI=1S/C19H22N6O/c1-14-15-6-3-4-7-16(15)18(21-20-14)24-9-5-10-25(13-12-24)19(26)17-8-11-23(2)22-17/h3-4,6-8,11H,5,9-10,12-13H2,1-2H3. The first-order chi connectivity index (χ1) is 12.6. The number of hydrogen-bond acceptors (Lipinski definition) is 5. The lowest BCUT2D eigenvalue weighted by Crippen LogP contribution is -2.35. The fourth-order valence-corrected chi connectivity index (χ4v) is 3.48. The second-order valence-corrected chi connectivity index (χ2v) is 6.66. The van der Waals surface area contributed by atoms with Gasteiger partial charge in [0.05, 0.1) is 5.69 Å². The average Bonchev–Trinajstić information content (AvgIpc) is 2.95. The van der Waals surface area contributed by atoms with Crippen LogP contribution in [0, 0.1) is 6.92 Å². The monoisotopic (exact) mass is 350 g/mol. The number of nitrogens with zero attached hydrogens (tertiary/aromatic N) is 6. The Bertz CT molecular complexity index is 950. The summed E-state index contributed by atoms with van der Waals surface area (Å²) in [6.07, 6.45) is 2.69. The van der Waals surface area contributed by atoms with Crippen molar-refractivity contribution in [2.75, 3.05) is 31.1 Å². The molecule has 26 heavy (non-hydrogen) atoms. The van der Waals surface area contributed by atoms with Crippen LogP contribution >= 0.6 is 0 Å². The van der Waals surface area contributed by atoms with Crippen LogP contribution in [0.15, 0.2) is 36.5 Å². The Kier molecular flexibility index (Phi) is 4.28. The van der Waals surface area contributed by atoms with Gasteiger partial charge in [0.1, 0.15) is 5.69 Å². The summed E-state index contributed by atoms with van der Waals surface area (Å²) in [5.41, 5.74) is 1.44. The Balaban J connectivity index is 1.56. The third-order valence-electron chi connectivity index (χ3n) is 4.87. The zero-order valence-electron chi connectivity index (χ0n) is 15.1. The lowest BCUT2D eigenvalue weighted by atomic mass is 10.1. The van der Waals surface area contributed by atoms with E-state index in [2.05, 4.69) is 32.3 Å². The molecule has 1 aliphatic heterocycles. The highest BCUT2D eigenvalue weighted by Gasteiger charge is 2.23. The molecule has 0 atom stereocenters. The summed E-state index contributed by atoms with van der Waals surface area (Å²) in [6.45, 7) is 4.95. The Labute approximate surface area is 152 Å². The summed E-state index contributed by atoms with van der Waals surface area (Å²) in [4.78, 5) is 16.8. The molecule has 0 unspecified atom stereocenters. The molecule has 3 heterocycles. The van der Waals surface area contributed by atoms with Gasteiger partial charge in [0.2, 0.25) is 0 Å². The van der Waals surface area contributed by atoms with Crippen LogP contribution in [-0.2, 0) is 7.05 Å². The van der Waals surface area contributed by atoms with Crippen molar-refractivity contribution in [3.05, 3.63) is 47.9 Å². The molecule has 7 nitrogen and oxygen atoms in total. The van der Waals surface area contributed by atoms with E-state index in [0.717, 1.165) is 48.3 Å². The van der Waals surface area contributed by atoms with Crippen LogP contribution in [0.25, 0.3) is 10.8 Å². The Morgan fingerprint density at radius 3 is 2.58 bits per heavy atom. The molecule has 1 saturated heterocycles. The van der Waals surface area contributed by atoms with E-state index in [1.54, 1.807) is 16.9 Å². The average molecular weight is 350 g/mol. The molecule has 2 aromatic heterocycles. The Morgan fingerprint density at radius 1 is 1.00 bits per heavy atom. The number of hydrogen-bond donors (Lipinski definition) is 0. The van der Waals surface area contributed by atoms with Gasteiger partial charge in [-0.15, -0.1) is 5.10 Å². The van der Waals surface area contributed by atoms with Crippen molar-refractivity contribution in [3.8, 4) is 0 Å².